The van der Waals surface area contributed by atoms with Crippen molar-refractivity contribution in [3.63, 3.8) is 0 Å². The molecule has 106 valence electrons. The number of sulfonamides is 1. The Balaban J connectivity index is 2.31. The molecule has 1 saturated heterocycles. The van der Waals surface area contributed by atoms with Gasteiger partial charge in [-0.25, -0.2) is 18.4 Å². The summed E-state index contributed by atoms with van der Waals surface area (Å²) >= 11 is 0. The highest BCUT2D eigenvalue weighted by Gasteiger charge is 2.27. The topological polar surface area (TPSA) is 101 Å². The fourth-order valence-electron chi connectivity index (χ4n) is 1.69. The van der Waals surface area contributed by atoms with Crippen molar-refractivity contribution in [3.05, 3.63) is 18.0 Å². The second-order valence-electron chi connectivity index (χ2n) is 4.67. The van der Waals surface area contributed by atoms with Gasteiger partial charge in [-0.2, -0.15) is 0 Å². The average molecular weight is 288 g/mol. The first kappa shape index (κ1) is 14.0. The SMILES string of the molecule is CC(C)n1cc(S(N)(=O)=O)cc1C(=O)OC1COC1. The average Bonchev–Trinajstić information content (AvgIpc) is 2.67. The van der Waals surface area contributed by atoms with Crippen LogP contribution in [0.2, 0.25) is 0 Å². The fourth-order valence-corrected chi connectivity index (χ4v) is 2.23. The van der Waals surface area contributed by atoms with E-state index in [1.807, 2.05) is 13.8 Å². The molecule has 0 aromatic carbocycles. The van der Waals surface area contributed by atoms with Crippen LogP contribution in [0.5, 0.6) is 0 Å². The minimum absolute atomic E-state index is 0.0873. The number of primary sulfonamides is 1. The number of carbonyl (C=O) groups excluding carboxylic acids is 1. The van der Waals surface area contributed by atoms with Crippen molar-refractivity contribution in [2.75, 3.05) is 13.2 Å². The van der Waals surface area contributed by atoms with Gasteiger partial charge in [-0.05, 0) is 19.9 Å². The molecule has 0 bridgehead atoms. The Labute approximate surface area is 111 Å². The van der Waals surface area contributed by atoms with E-state index in [1.54, 1.807) is 0 Å². The maximum atomic E-state index is 12.0. The van der Waals surface area contributed by atoms with Crippen molar-refractivity contribution in [2.45, 2.75) is 30.9 Å². The van der Waals surface area contributed by atoms with Gasteiger partial charge >= 0.3 is 5.97 Å². The highest BCUT2D eigenvalue weighted by molar-refractivity contribution is 7.89. The second-order valence-corrected chi connectivity index (χ2v) is 6.23. The zero-order chi connectivity index (χ0) is 14.2. The molecule has 0 spiro atoms. The molecule has 0 unspecified atom stereocenters. The summed E-state index contributed by atoms with van der Waals surface area (Å²) in [6.45, 7) is 4.40. The molecule has 0 amide bonds. The van der Waals surface area contributed by atoms with E-state index in [2.05, 4.69) is 0 Å². The Morgan fingerprint density at radius 2 is 2.16 bits per heavy atom. The number of esters is 1. The van der Waals surface area contributed by atoms with Gasteiger partial charge in [0.2, 0.25) is 10.0 Å². The van der Waals surface area contributed by atoms with E-state index in [1.165, 1.54) is 16.8 Å². The summed E-state index contributed by atoms with van der Waals surface area (Å²) in [6, 6.07) is 1.15. The van der Waals surface area contributed by atoms with Crippen molar-refractivity contribution < 1.29 is 22.7 Å². The Kier molecular flexibility index (Phi) is 3.66. The van der Waals surface area contributed by atoms with Crippen LogP contribution in [0, 0.1) is 0 Å². The van der Waals surface area contributed by atoms with E-state index in [0.29, 0.717) is 13.2 Å². The zero-order valence-corrected chi connectivity index (χ0v) is 11.5. The van der Waals surface area contributed by atoms with E-state index < -0.39 is 16.0 Å². The van der Waals surface area contributed by atoms with Gasteiger partial charge in [-0.15, -0.1) is 0 Å². The van der Waals surface area contributed by atoms with Crippen molar-refractivity contribution in [3.8, 4) is 0 Å². The van der Waals surface area contributed by atoms with Crippen molar-refractivity contribution in [2.24, 2.45) is 5.14 Å². The van der Waals surface area contributed by atoms with Crippen LogP contribution < -0.4 is 5.14 Å². The minimum Gasteiger partial charge on any atom is -0.453 e. The second kappa shape index (κ2) is 4.95. The largest absolute Gasteiger partial charge is 0.453 e. The van der Waals surface area contributed by atoms with Crippen LogP contribution in [-0.4, -0.2) is 38.3 Å². The number of ether oxygens (including phenoxy) is 2. The van der Waals surface area contributed by atoms with Gasteiger partial charge < -0.3 is 14.0 Å². The van der Waals surface area contributed by atoms with Crippen LogP contribution in [0.25, 0.3) is 0 Å². The highest BCUT2D eigenvalue weighted by atomic mass is 32.2. The zero-order valence-electron chi connectivity index (χ0n) is 10.7. The monoisotopic (exact) mass is 288 g/mol. The molecule has 1 fully saturated rings. The van der Waals surface area contributed by atoms with Gasteiger partial charge in [0, 0.05) is 12.2 Å². The number of carbonyl (C=O) groups is 1. The first-order chi connectivity index (χ1) is 8.79. The summed E-state index contributed by atoms with van der Waals surface area (Å²) in [5, 5.41) is 5.06. The van der Waals surface area contributed by atoms with Gasteiger partial charge in [-0.1, -0.05) is 0 Å². The lowest BCUT2D eigenvalue weighted by Crippen LogP contribution is -2.38. The molecule has 0 radical (unpaired) electrons. The molecule has 1 aliphatic heterocycles. The number of hydrogen-bond donors (Lipinski definition) is 1. The molecule has 0 aliphatic carbocycles. The van der Waals surface area contributed by atoms with Gasteiger partial charge in [-0.3, -0.25) is 0 Å². The summed E-state index contributed by atoms with van der Waals surface area (Å²) in [5.74, 6) is -0.572. The first-order valence-corrected chi connectivity index (χ1v) is 7.37. The molecule has 2 heterocycles. The first-order valence-electron chi connectivity index (χ1n) is 5.82. The van der Waals surface area contributed by atoms with Crippen LogP contribution in [0.4, 0.5) is 0 Å². The summed E-state index contributed by atoms with van der Waals surface area (Å²) < 4.78 is 34.3. The van der Waals surface area contributed by atoms with E-state index in [0.717, 1.165) is 0 Å². The van der Waals surface area contributed by atoms with Crippen LogP contribution >= 0.6 is 0 Å². The Hall–Kier alpha value is -1.38. The molecule has 8 heteroatoms. The molecule has 0 saturated carbocycles. The maximum Gasteiger partial charge on any atom is 0.355 e. The number of rotatable bonds is 4. The van der Waals surface area contributed by atoms with Gasteiger partial charge in [0.1, 0.15) is 16.7 Å². The standard InChI is InChI=1S/C11H16N2O5S/c1-7(2)13-4-9(19(12,15)16)3-10(13)11(14)18-8-5-17-6-8/h3-4,7-8H,5-6H2,1-2H3,(H2,12,15,16). The highest BCUT2D eigenvalue weighted by Crippen LogP contribution is 2.20. The van der Waals surface area contributed by atoms with Gasteiger partial charge in [0.15, 0.2) is 0 Å². The summed E-state index contributed by atoms with van der Waals surface area (Å²) in [4.78, 5) is 11.9. The van der Waals surface area contributed by atoms with Gasteiger partial charge in [0.25, 0.3) is 0 Å². The summed E-state index contributed by atoms with van der Waals surface area (Å²) in [5.41, 5.74) is 0.172. The van der Waals surface area contributed by atoms with Crippen LogP contribution in [-0.2, 0) is 19.5 Å². The number of hydrogen-bond acceptors (Lipinski definition) is 5. The number of nitrogens with two attached hydrogens (primary N) is 1. The van der Waals surface area contributed by atoms with Crippen molar-refractivity contribution in [1.82, 2.24) is 4.57 Å². The van der Waals surface area contributed by atoms with Crippen molar-refractivity contribution in [1.29, 1.82) is 0 Å². The van der Waals surface area contributed by atoms with E-state index in [9.17, 15) is 13.2 Å². The number of nitrogens with zero attached hydrogens (tertiary/aromatic N) is 1. The summed E-state index contributed by atoms with van der Waals surface area (Å²) in [7, 11) is -3.84. The fraction of sp³-hybridized carbons (Fsp3) is 0.545. The number of aromatic nitrogens is 1. The molecule has 0 atom stereocenters. The molecule has 1 aliphatic rings. The van der Waals surface area contributed by atoms with E-state index in [4.69, 9.17) is 14.6 Å². The molecule has 2 rings (SSSR count). The van der Waals surface area contributed by atoms with Crippen LogP contribution in [0.3, 0.4) is 0 Å². The third-order valence-electron chi connectivity index (χ3n) is 2.80. The predicted molar refractivity (Wildman–Crippen MR) is 66.2 cm³/mol. The molecule has 1 aromatic rings. The molecule has 1 aromatic heterocycles. The third kappa shape index (κ3) is 2.96. The molecular formula is C11H16N2O5S. The van der Waals surface area contributed by atoms with E-state index >= 15 is 0 Å². The lowest BCUT2D eigenvalue weighted by Gasteiger charge is -2.26. The third-order valence-corrected chi connectivity index (χ3v) is 3.68. The van der Waals surface area contributed by atoms with Crippen LogP contribution in [0.1, 0.15) is 30.4 Å². The van der Waals surface area contributed by atoms with Gasteiger partial charge in [0.05, 0.1) is 13.2 Å². The molecule has 7 nitrogen and oxygen atoms in total. The molecular weight excluding hydrogens is 272 g/mol. The Bertz CT molecular complexity index is 586. The smallest absolute Gasteiger partial charge is 0.355 e. The van der Waals surface area contributed by atoms with Crippen LogP contribution in [0.15, 0.2) is 17.2 Å². The lowest BCUT2D eigenvalue weighted by molar-refractivity contribution is -0.104. The predicted octanol–water partition coefficient (Wildman–Crippen LogP) is 0.272. The maximum absolute atomic E-state index is 12.0. The van der Waals surface area contributed by atoms with E-state index in [-0.39, 0.29) is 22.7 Å². The normalized spacial score (nSPS) is 16.4. The molecule has 2 N–H and O–H groups in total. The van der Waals surface area contributed by atoms with Crippen molar-refractivity contribution >= 4 is 16.0 Å². The quantitative estimate of drug-likeness (QED) is 0.802. The lowest BCUT2D eigenvalue weighted by atomic mass is 10.3. The molecule has 19 heavy (non-hydrogen) atoms. The minimum atomic E-state index is -3.84. The summed E-state index contributed by atoms with van der Waals surface area (Å²) in [6.07, 6.45) is 1.08. The Morgan fingerprint density at radius 3 is 2.58 bits per heavy atom. The Morgan fingerprint density at radius 1 is 1.53 bits per heavy atom.